The van der Waals surface area contributed by atoms with E-state index >= 15 is 0 Å². The van der Waals surface area contributed by atoms with Crippen LogP contribution in [0.15, 0.2) is 0 Å². The van der Waals surface area contributed by atoms with E-state index in [0.29, 0.717) is 13.0 Å². The molecule has 6 heteroatoms. The molecule has 1 aliphatic heterocycles. The summed E-state index contributed by atoms with van der Waals surface area (Å²) in [6, 6.07) is -1.06. The molecule has 0 aromatic carbocycles. The van der Waals surface area contributed by atoms with Crippen LogP contribution in [-0.4, -0.2) is 47.5 Å². The predicted molar refractivity (Wildman–Crippen MR) is 62.8 cm³/mol. The molecule has 0 spiro atoms. The fourth-order valence-corrected chi connectivity index (χ4v) is 2.14. The highest BCUT2D eigenvalue weighted by Gasteiger charge is 2.38. The first-order valence-electron chi connectivity index (χ1n) is 6.04. The Morgan fingerprint density at radius 2 is 2.00 bits per heavy atom. The largest absolute Gasteiger partial charge is 0.480 e. The fraction of sp³-hybridized carbons (Fsp3) is 0.750. The van der Waals surface area contributed by atoms with Crippen LogP contribution in [-0.2, 0) is 19.1 Å². The van der Waals surface area contributed by atoms with Crippen molar-refractivity contribution in [2.75, 3.05) is 13.7 Å². The van der Waals surface area contributed by atoms with Crippen molar-refractivity contribution in [2.45, 2.75) is 38.6 Å². The van der Waals surface area contributed by atoms with Crippen molar-refractivity contribution in [3.8, 4) is 0 Å². The van der Waals surface area contributed by atoms with Crippen LogP contribution in [0.25, 0.3) is 0 Å². The number of carbonyl (C=O) groups excluding carboxylic acids is 2. The third kappa shape index (κ3) is 3.53. The van der Waals surface area contributed by atoms with Crippen LogP contribution in [0.1, 0.15) is 32.6 Å². The molecule has 0 radical (unpaired) electrons. The molecule has 1 atom stereocenters. The van der Waals surface area contributed by atoms with Gasteiger partial charge in [-0.25, -0.2) is 4.79 Å². The Morgan fingerprint density at radius 3 is 2.44 bits per heavy atom. The van der Waals surface area contributed by atoms with E-state index in [4.69, 9.17) is 9.84 Å². The van der Waals surface area contributed by atoms with Crippen molar-refractivity contribution < 1.29 is 24.2 Å². The predicted octanol–water partition coefficient (Wildman–Crippen LogP) is 0.651. The quantitative estimate of drug-likeness (QED) is 0.558. The van der Waals surface area contributed by atoms with Gasteiger partial charge in [-0.2, -0.15) is 0 Å². The zero-order valence-electron chi connectivity index (χ0n) is 10.7. The lowest BCUT2D eigenvalue weighted by atomic mass is 9.95. The normalized spacial score (nSPS) is 19.1. The van der Waals surface area contributed by atoms with Gasteiger partial charge in [-0.1, -0.05) is 6.92 Å². The topological polar surface area (TPSA) is 83.9 Å². The molecule has 0 bridgehead atoms. The lowest BCUT2D eigenvalue weighted by Gasteiger charge is -2.32. The molecule has 1 rings (SSSR count). The molecule has 0 aromatic rings. The summed E-state index contributed by atoms with van der Waals surface area (Å²) in [5, 5.41) is 9.14. The summed E-state index contributed by atoms with van der Waals surface area (Å²) in [4.78, 5) is 35.7. The highest BCUT2D eigenvalue weighted by Crippen LogP contribution is 2.22. The fourth-order valence-electron chi connectivity index (χ4n) is 2.14. The summed E-state index contributed by atoms with van der Waals surface area (Å²) in [5.41, 5.74) is 0. The lowest BCUT2D eigenvalue weighted by molar-refractivity contribution is -0.162. The van der Waals surface area contributed by atoms with Gasteiger partial charge in [0.15, 0.2) is 0 Å². The Labute approximate surface area is 106 Å². The molecular formula is C12H19NO5. The third-order valence-electron chi connectivity index (χ3n) is 3.01. The van der Waals surface area contributed by atoms with Crippen LogP contribution in [0.2, 0.25) is 0 Å². The lowest BCUT2D eigenvalue weighted by Crippen LogP contribution is -2.52. The number of carboxylic acids is 1. The van der Waals surface area contributed by atoms with Crippen LogP contribution >= 0.6 is 0 Å². The smallest absolute Gasteiger partial charge is 0.326 e. The zero-order chi connectivity index (χ0) is 13.7. The molecule has 0 aliphatic carbocycles. The van der Waals surface area contributed by atoms with Gasteiger partial charge in [-0.15, -0.1) is 0 Å². The van der Waals surface area contributed by atoms with Crippen molar-refractivity contribution in [1.29, 1.82) is 0 Å². The number of imide groups is 1. The Balaban J connectivity index is 2.74. The molecule has 1 saturated heterocycles. The third-order valence-corrected chi connectivity index (χ3v) is 3.01. The van der Waals surface area contributed by atoms with Gasteiger partial charge < -0.3 is 9.84 Å². The number of carbonyl (C=O) groups is 3. The van der Waals surface area contributed by atoms with Gasteiger partial charge in [0, 0.05) is 26.6 Å². The Morgan fingerprint density at radius 1 is 1.44 bits per heavy atom. The standard InChI is InChI=1S/C12H19NO5/c1-8-6-10(14)13(11(15)7-8)9(12(16)17)4-3-5-18-2/h8-9H,3-7H2,1-2H3,(H,16,17). The van der Waals surface area contributed by atoms with Crippen LogP contribution in [0.4, 0.5) is 0 Å². The second-order valence-corrected chi connectivity index (χ2v) is 4.66. The number of piperidine rings is 1. The van der Waals surface area contributed by atoms with Crippen LogP contribution in [0.5, 0.6) is 0 Å². The maximum Gasteiger partial charge on any atom is 0.326 e. The minimum absolute atomic E-state index is 0.00494. The number of nitrogens with zero attached hydrogens (tertiary/aromatic N) is 1. The number of methoxy groups -OCH3 is 1. The molecular weight excluding hydrogens is 238 g/mol. The summed E-state index contributed by atoms with van der Waals surface area (Å²) in [7, 11) is 1.52. The molecule has 0 saturated carbocycles. The van der Waals surface area contributed by atoms with Crippen LogP contribution in [0.3, 0.4) is 0 Å². The number of aliphatic carboxylic acids is 1. The molecule has 102 valence electrons. The van der Waals surface area contributed by atoms with E-state index in [9.17, 15) is 14.4 Å². The molecule has 1 heterocycles. The molecule has 1 N–H and O–H groups in total. The van der Waals surface area contributed by atoms with Gasteiger partial charge in [-0.05, 0) is 18.8 Å². The number of hydrogen-bond acceptors (Lipinski definition) is 4. The van der Waals surface area contributed by atoms with Gasteiger partial charge in [-0.3, -0.25) is 14.5 Å². The van der Waals surface area contributed by atoms with E-state index in [2.05, 4.69) is 0 Å². The van der Waals surface area contributed by atoms with Crippen molar-refractivity contribution in [1.82, 2.24) is 4.90 Å². The van der Waals surface area contributed by atoms with Crippen molar-refractivity contribution in [2.24, 2.45) is 5.92 Å². The number of rotatable bonds is 6. The minimum atomic E-state index is -1.14. The molecule has 1 aliphatic rings. The molecule has 0 aromatic heterocycles. The highest BCUT2D eigenvalue weighted by molar-refractivity contribution is 6.01. The first-order chi connectivity index (χ1) is 8.47. The number of hydrogen-bond donors (Lipinski definition) is 1. The molecule has 2 amide bonds. The zero-order valence-corrected chi connectivity index (χ0v) is 10.7. The van der Waals surface area contributed by atoms with Gasteiger partial charge >= 0.3 is 5.97 Å². The van der Waals surface area contributed by atoms with Gasteiger partial charge in [0.2, 0.25) is 11.8 Å². The molecule has 1 unspecified atom stereocenters. The van der Waals surface area contributed by atoms with E-state index in [1.807, 2.05) is 6.92 Å². The summed E-state index contributed by atoms with van der Waals surface area (Å²) in [5.74, 6) is -1.91. The molecule has 18 heavy (non-hydrogen) atoms. The first-order valence-corrected chi connectivity index (χ1v) is 6.04. The van der Waals surface area contributed by atoms with Crippen LogP contribution < -0.4 is 0 Å². The number of ether oxygens (including phenoxy) is 1. The Hall–Kier alpha value is -1.43. The average Bonchev–Trinajstić information content (AvgIpc) is 2.25. The maximum atomic E-state index is 11.8. The van der Waals surface area contributed by atoms with Crippen molar-refractivity contribution in [3.63, 3.8) is 0 Å². The summed E-state index contributed by atoms with van der Waals surface area (Å²) >= 11 is 0. The summed E-state index contributed by atoms with van der Waals surface area (Å²) in [6.45, 7) is 2.23. The van der Waals surface area contributed by atoms with Gasteiger partial charge in [0.25, 0.3) is 0 Å². The van der Waals surface area contributed by atoms with Crippen molar-refractivity contribution in [3.05, 3.63) is 0 Å². The maximum absolute atomic E-state index is 11.8. The molecule has 1 fully saturated rings. The summed E-state index contributed by atoms with van der Waals surface area (Å²) in [6.07, 6.45) is 1.20. The van der Waals surface area contributed by atoms with E-state index in [1.165, 1.54) is 7.11 Å². The Kier molecular flexibility index (Phi) is 5.27. The summed E-state index contributed by atoms with van der Waals surface area (Å²) < 4.78 is 4.85. The second kappa shape index (κ2) is 6.49. The van der Waals surface area contributed by atoms with E-state index < -0.39 is 12.0 Å². The van der Waals surface area contributed by atoms with Crippen molar-refractivity contribution >= 4 is 17.8 Å². The van der Waals surface area contributed by atoms with E-state index in [1.54, 1.807) is 0 Å². The number of amides is 2. The highest BCUT2D eigenvalue weighted by atomic mass is 16.5. The van der Waals surface area contributed by atoms with E-state index in [-0.39, 0.29) is 37.0 Å². The molecule has 6 nitrogen and oxygen atoms in total. The first kappa shape index (κ1) is 14.6. The second-order valence-electron chi connectivity index (χ2n) is 4.66. The van der Waals surface area contributed by atoms with E-state index in [0.717, 1.165) is 4.90 Å². The minimum Gasteiger partial charge on any atom is -0.480 e. The number of likely N-dealkylation sites (tertiary alicyclic amines) is 1. The van der Waals surface area contributed by atoms with Crippen LogP contribution in [0, 0.1) is 5.92 Å². The number of carboxylic acid groups (broad SMARTS) is 1. The SMILES string of the molecule is COCCCC(C(=O)O)N1C(=O)CC(C)CC1=O. The van der Waals surface area contributed by atoms with Gasteiger partial charge in [0.1, 0.15) is 6.04 Å². The van der Waals surface area contributed by atoms with Gasteiger partial charge in [0.05, 0.1) is 0 Å². The Bertz CT molecular complexity index is 323. The average molecular weight is 257 g/mol. The monoisotopic (exact) mass is 257 g/mol.